The third kappa shape index (κ3) is 28.2. The summed E-state index contributed by atoms with van der Waals surface area (Å²) in [6.07, 6.45) is 10.3. The molecular formula is C38H44AlCl4N2O15P3S. The fraction of sp³-hybridized carbons (Fsp3) is 0.342. The predicted octanol–water partition coefficient (Wildman–Crippen LogP) is 5.10. The number of rotatable bonds is 17. The molecule has 0 aromatic heterocycles. The summed E-state index contributed by atoms with van der Waals surface area (Å²) in [7, 11) is -5.49. The van der Waals surface area contributed by atoms with Crippen molar-refractivity contribution < 1.29 is 71.5 Å². The number of carbonyl (C=O) groups excluding carboxylic acids is 3. The average molecular weight is 1060 g/mol. The van der Waals surface area contributed by atoms with Crippen molar-refractivity contribution in [3.63, 3.8) is 0 Å². The number of halogens is 4. The Morgan fingerprint density at radius 1 is 0.828 bits per heavy atom. The summed E-state index contributed by atoms with van der Waals surface area (Å²) < 4.78 is 27.7. The van der Waals surface area contributed by atoms with E-state index in [1.165, 1.54) is 0 Å². The molecule has 4 atom stereocenters. The van der Waals surface area contributed by atoms with E-state index in [0.29, 0.717) is 77.9 Å². The van der Waals surface area contributed by atoms with Gasteiger partial charge in [0.25, 0.3) is 20.8 Å². The van der Waals surface area contributed by atoms with Gasteiger partial charge in [0, 0.05) is 43.3 Å². The van der Waals surface area contributed by atoms with Gasteiger partial charge in [0.15, 0.2) is 17.6 Å². The molecule has 3 aromatic carbocycles. The maximum atomic E-state index is 12.6. The monoisotopic (exact) mass is 1060 g/mol. The fourth-order valence-corrected chi connectivity index (χ4v) is 6.29. The molecule has 0 spiro atoms. The summed E-state index contributed by atoms with van der Waals surface area (Å²) in [4.78, 5) is 88.3. The Morgan fingerprint density at radius 3 is 1.70 bits per heavy atom. The van der Waals surface area contributed by atoms with Crippen LogP contribution in [0.5, 0.6) is 11.5 Å². The number of imide groups is 1. The van der Waals surface area contributed by atoms with Gasteiger partial charge in [-0.2, -0.15) is 0 Å². The number of nitrogens with zero attached hydrogens (tertiary/aromatic N) is 1. The molecule has 0 saturated carbocycles. The van der Waals surface area contributed by atoms with Crippen LogP contribution in [-0.2, 0) is 29.5 Å². The second-order valence-electron chi connectivity index (χ2n) is 10.9. The van der Waals surface area contributed by atoms with Gasteiger partial charge in [-0.1, -0.05) is 88.6 Å². The molecule has 64 heavy (non-hydrogen) atoms. The minimum Gasteiger partial charge on any atom is -0.786 e. The molecule has 0 radical (unpaired) electrons. The third-order valence-corrected chi connectivity index (χ3v) is 9.70. The molecular weight excluding hydrogens is 1020 g/mol. The number of benzene rings is 3. The molecule has 1 heterocycles. The summed E-state index contributed by atoms with van der Waals surface area (Å²) >= 11 is 23.1. The molecule has 1 aliphatic rings. The zero-order valence-corrected chi connectivity index (χ0v) is 42.2. The fourth-order valence-electron chi connectivity index (χ4n) is 4.31. The van der Waals surface area contributed by atoms with Crippen LogP contribution in [0.3, 0.4) is 0 Å². The number of methoxy groups -OCH3 is 1. The first-order chi connectivity index (χ1) is 29.8. The standard InChI is InChI=1S/C23H22ClNO4.C9H4Cl3NO2S.3C2H6O3P.Al/c1-4-14-28-20-11-6-17(16-21(20)27-3)12-13-25-23(26)22(29-15-5-2)18-7-9-19(24)10-8-18;10-9(11,12)16-13-7(14)5-3-1-2-4-6(5)8(13)15;3*1-2-5-6(3)4;/h1-2,6-11,16,22H,12-15H2,3H3,(H,25,26);1-4H;3*3H,2H2,1H3;/q;;3*-1;+3. The number of fused-ring (bicyclic) bond motifs is 1. The smallest absolute Gasteiger partial charge is 0.786 e. The number of carbonyl (C=O) groups is 3. The van der Waals surface area contributed by atoms with Crippen LogP contribution in [0.2, 0.25) is 5.02 Å². The maximum Gasteiger partial charge on any atom is 3.00 e. The van der Waals surface area contributed by atoms with Crippen molar-refractivity contribution in [2.75, 3.05) is 46.7 Å². The van der Waals surface area contributed by atoms with E-state index in [9.17, 15) is 29.1 Å². The molecule has 0 bridgehead atoms. The summed E-state index contributed by atoms with van der Waals surface area (Å²) in [5.74, 6) is 4.76. The number of alkyl halides is 3. The molecule has 0 saturated heterocycles. The van der Waals surface area contributed by atoms with E-state index in [1.54, 1.807) is 82.5 Å². The molecule has 17 nitrogen and oxygen atoms in total. The summed E-state index contributed by atoms with van der Waals surface area (Å²) in [5, 5.41) is 3.45. The van der Waals surface area contributed by atoms with E-state index >= 15 is 0 Å². The largest absolute Gasteiger partial charge is 3.00 e. The van der Waals surface area contributed by atoms with E-state index in [-0.39, 0.29) is 36.5 Å². The number of nitrogens with one attached hydrogen (secondary N) is 1. The Bertz CT molecular complexity index is 1840. The van der Waals surface area contributed by atoms with Gasteiger partial charge in [0.2, 0.25) is 0 Å². The summed E-state index contributed by atoms with van der Waals surface area (Å²) in [6, 6.07) is 18.9. The number of terminal acetylenes is 2. The Hall–Kier alpha value is -2.08. The van der Waals surface area contributed by atoms with Gasteiger partial charge in [-0.15, -0.1) is 12.8 Å². The normalized spacial score (nSPS) is 13.0. The minimum atomic E-state index is -2.35. The second-order valence-corrected chi connectivity index (χ2v) is 17.7. The van der Waals surface area contributed by atoms with Crippen molar-refractivity contribution >= 4 is 119 Å². The van der Waals surface area contributed by atoms with Crippen LogP contribution in [0.1, 0.15) is 58.7 Å². The first-order valence-corrected chi connectivity index (χ1v) is 23.4. The van der Waals surface area contributed by atoms with Crippen molar-refractivity contribution in [1.29, 1.82) is 0 Å². The van der Waals surface area contributed by atoms with Crippen molar-refractivity contribution in [2.24, 2.45) is 0 Å². The van der Waals surface area contributed by atoms with Gasteiger partial charge >= 0.3 is 17.4 Å². The molecule has 0 fully saturated rings. The van der Waals surface area contributed by atoms with Gasteiger partial charge in [0.05, 0.1) is 44.0 Å². The molecule has 4 rings (SSSR count). The van der Waals surface area contributed by atoms with Crippen LogP contribution in [0.25, 0.3) is 0 Å². The Balaban J connectivity index is 0. The zero-order chi connectivity index (χ0) is 48.0. The van der Waals surface area contributed by atoms with Crippen LogP contribution in [0.15, 0.2) is 66.7 Å². The minimum absolute atomic E-state index is 0. The predicted molar refractivity (Wildman–Crippen MR) is 246 cm³/mol. The zero-order valence-electron chi connectivity index (χ0n) is 34.6. The topological polar surface area (TPSA) is 252 Å². The second kappa shape index (κ2) is 37.0. The van der Waals surface area contributed by atoms with Crippen molar-refractivity contribution in [2.45, 2.75) is 36.4 Å². The van der Waals surface area contributed by atoms with Gasteiger partial charge < -0.3 is 62.5 Å². The summed E-state index contributed by atoms with van der Waals surface area (Å²) in [6.45, 7) is 6.46. The molecule has 26 heteroatoms. The first kappa shape index (κ1) is 64.0. The molecule has 348 valence electrons. The molecule has 4 unspecified atom stereocenters. The maximum absolute atomic E-state index is 12.6. The van der Waals surface area contributed by atoms with Gasteiger partial charge in [-0.05, 0) is 74.7 Å². The van der Waals surface area contributed by atoms with E-state index in [2.05, 4.69) is 30.7 Å². The van der Waals surface area contributed by atoms with Gasteiger partial charge in [0.1, 0.15) is 13.2 Å². The van der Waals surface area contributed by atoms with E-state index in [0.717, 1.165) is 9.87 Å². The Kier molecular flexibility index (Phi) is 37.0. The SMILES string of the molecule is C#CCOc1ccc(CCNC(=O)C(OCC#C)c2ccc(Cl)cc2)cc1OC.CCOP([O-])O.CCOP([O-])O.CCOP([O-])O.O=C1c2ccccc2C(=O)N1SC(Cl)(Cl)Cl.[Al+3]. The summed E-state index contributed by atoms with van der Waals surface area (Å²) in [5.41, 5.74) is 2.31. The molecule has 1 aliphatic heterocycles. The molecule has 3 aromatic rings. The Labute approximate surface area is 411 Å². The third-order valence-electron chi connectivity index (χ3n) is 6.67. The average Bonchev–Trinajstić information content (AvgIpc) is 3.45. The van der Waals surface area contributed by atoms with Crippen LogP contribution < -0.4 is 29.5 Å². The number of hydrogen-bond acceptors (Lipinski definition) is 16. The van der Waals surface area contributed by atoms with E-state index in [4.69, 9.17) is 88.1 Å². The van der Waals surface area contributed by atoms with Crippen LogP contribution in [0, 0.1) is 24.7 Å². The quantitative estimate of drug-likeness (QED) is 0.0343. The number of hydrogen-bond donors (Lipinski definition) is 4. The van der Waals surface area contributed by atoms with E-state index < -0.39 is 46.9 Å². The molecule has 4 N–H and O–H groups in total. The van der Waals surface area contributed by atoms with Gasteiger partial charge in [-0.3, -0.25) is 14.4 Å². The molecule has 3 amide bonds. The van der Waals surface area contributed by atoms with E-state index in [1.807, 2.05) is 12.1 Å². The first-order valence-electron chi connectivity index (χ1n) is 17.7. The molecule has 0 aliphatic carbocycles. The van der Waals surface area contributed by atoms with Crippen molar-refractivity contribution in [3.8, 4) is 36.2 Å². The van der Waals surface area contributed by atoms with Crippen molar-refractivity contribution in [3.05, 3.63) is 94.0 Å². The number of ether oxygens (including phenoxy) is 3. The van der Waals surface area contributed by atoms with Crippen molar-refractivity contribution in [1.82, 2.24) is 9.62 Å². The Morgan fingerprint density at radius 2 is 1.31 bits per heavy atom. The number of amides is 3. The van der Waals surface area contributed by atoms with Gasteiger partial charge in [-0.25, -0.2) is 4.31 Å². The van der Waals surface area contributed by atoms with Crippen LogP contribution in [0.4, 0.5) is 0 Å². The van der Waals surface area contributed by atoms with Crippen LogP contribution in [-0.4, -0.2) is 104 Å². The van der Waals surface area contributed by atoms with Crippen LogP contribution >= 0.6 is 84.2 Å².